The molecule has 0 saturated heterocycles. The quantitative estimate of drug-likeness (QED) is 0.656. The molecule has 88 valence electrons. The minimum atomic E-state index is 0.883. The number of benzene rings is 2. The Morgan fingerprint density at radius 1 is 1.06 bits per heavy atom. The highest BCUT2D eigenvalue weighted by molar-refractivity contribution is 5.89. The molecule has 0 fully saturated rings. The molecule has 1 unspecified atom stereocenters. The third-order valence-corrected chi connectivity index (χ3v) is 4.22. The maximum atomic E-state index is 2.33. The molecule has 0 saturated carbocycles. The van der Waals surface area contributed by atoms with Gasteiger partial charge in [-0.05, 0) is 53.5 Å². The molecule has 0 amide bonds. The van der Waals surface area contributed by atoms with Gasteiger partial charge in [0.1, 0.15) is 0 Å². The minimum Gasteiger partial charge on any atom is -0.0651 e. The smallest absolute Gasteiger partial charge is 0.0120 e. The van der Waals surface area contributed by atoms with Crippen LogP contribution >= 0.6 is 0 Å². The summed E-state index contributed by atoms with van der Waals surface area (Å²) in [5, 5.41) is 2.98. The second-order valence-corrected chi connectivity index (χ2v) is 5.30. The zero-order chi connectivity index (χ0) is 11.7. The van der Waals surface area contributed by atoms with E-state index in [1.54, 1.807) is 16.5 Å². The van der Waals surface area contributed by atoms with Crippen molar-refractivity contribution in [1.29, 1.82) is 0 Å². The molecule has 2 aromatic rings. The Morgan fingerprint density at radius 3 is 2.59 bits per heavy atom. The van der Waals surface area contributed by atoms with E-state index >= 15 is 0 Å². The summed E-state index contributed by atoms with van der Waals surface area (Å²) >= 11 is 0. The maximum Gasteiger partial charge on any atom is -0.0120 e. The van der Waals surface area contributed by atoms with Gasteiger partial charge in [-0.15, -0.1) is 0 Å². The second kappa shape index (κ2) is 4.52. The van der Waals surface area contributed by atoms with Gasteiger partial charge in [0, 0.05) is 0 Å². The summed E-state index contributed by atoms with van der Waals surface area (Å²) in [6.45, 7) is 2.33. The van der Waals surface area contributed by atoms with Gasteiger partial charge in [-0.25, -0.2) is 0 Å². The predicted molar refractivity (Wildman–Crippen MR) is 74.4 cm³/mol. The fourth-order valence-corrected chi connectivity index (χ4v) is 3.22. The molecule has 0 radical (unpaired) electrons. The van der Waals surface area contributed by atoms with Crippen LogP contribution < -0.4 is 0 Å². The van der Waals surface area contributed by atoms with Crippen molar-refractivity contribution >= 4 is 10.8 Å². The average Bonchev–Trinajstić information content (AvgIpc) is 2.35. The fourth-order valence-electron chi connectivity index (χ4n) is 3.22. The van der Waals surface area contributed by atoms with E-state index in [1.807, 2.05) is 0 Å². The van der Waals surface area contributed by atoms with Crippen LogP contribution in [0.25, 0.3) is 10.8 Å². The molecule has 0 spiro atoms. The molecule has 1 aliphatic rings. The largest absolute Gasteiger partial charge is 0.0651 e. The molecule has 1 atom stereocenters. The highest BCUT2D eigenvalue weighted by atomic mass is 14.2. The minimum absolute atomic E-state index is 0.883. The highest BCUT2D eigenvalue weighted by Gasteiger charge is 2.15. The standard InChI is InChI=1S/C17H20/c1-2-13-6-3-7-14-8-4-9-15-10-5-11-16(12-13)17(14)15/h4-5,8-11,13H,2-3,6-7,12H2,1H3. The van der Waals surface area contributed by atoms with Crippen LogP contribution in [0, 0.1) is 5.92 Å². The zero-order valence-corrected chi connectivity index (χ0v) is 10.6. The number of hydrogen-bond donors (Lipinski definition) is 0. The summed E-state index contributed by atoms with van der Waals surface area (Å²) in [5.74, 6) is 0.883. The van der Waals surface area contributed by atoms with E-state index in [4.69, 9.17) is 0 Å². The Labute approximate surface area is 104 Å². The zero-order valence-electron chi connectivity index (χ0n) is 10.6. The molecule has 0 bridgehead atoms. The van der Waals surface area contributed by atoms with E-state index in [-0.39, 0.29) is 0 Å². The Bertz CT molecular complexity index is 519. The first-order chi connectivity index (χ1) is 8.38. The molecule has 0 heteroatoms. The number of rotatable bonds is 1. The number of aryl methyl sites for hydroxylation is 1. The van der Waals surface area contributed by atoms with E-state index in [1.165, 1.54) is 37.5 Å². The Hall–Kier alpha value is -1.30. The molecular formula is C17H20. The van der Waals surface area contributed by atoms with Crippen LogP contribution in [0.4, 0.5) is 0 Å². The van der Waals surface area contributed by atoms with Gasteiger partial charge in [0.05, 0.1) is 0 Å². The molecule has 0 N–H and O–H groups in total. The lowest BCUT2D eigenvalue weighted by Gasteiger charge is -2.21. The summed E-state index contributed by atoms with van der Waals surface area (Å²) in [7, 11) is 0. The van der Waals surface area contributed by atoms with Crippen molar-refractivity contribution in [2.24, 2.45) is 5.92 Å². The van der Waals surface area contributed by atoms with Gasteiger partial charge in [0.25, 0.3) is 0 Å². The molecule has 3 rings (SSSR count). The van der Waals surface area contributed by atoms with Crippen molar-refractivity contribution in [1.82, 2.24) is 0 Å². The molecule has 0 aromatic heterocycles. The van der Waals surface area contributed by atoms with Crippen LogP contribution in [0.15, 0.2) is 36.4 Å². The number of hydrogen-bond acceptors (Lipinski definition) is 0. The predicted octanol–water partition coefficient (Wildman–Crippen LogP) is 4.74. The molecule has 0 nitrogen and oxygen atoms in total. The van der Waals surface area contributed by atoms with Crippen LogP contribution in [0.1, 0.15) is 37.3 Å². The van der Waals surface area contributed by atoms with E-state index in [0.717, 1.165) is 5.92 Å². The first kappa shape index (κ1) is 10.8. The lowest BCUT2D eigenvalue weighted by atomic mass is 9.84. The van der Waals surface area contributed by atoms with Crippen LogP contribution in [-0.4, -0.2) is 0 Å². The van der Waals surface area contributed by atoms with Gasteiger partial charge in [-0.2, -0.15) is 0 Å². The molecule has 0 heterocycles. The van der Waals surface area contributed by atoms with Crippen molar-refractivity contribution in [3.05, 3.63) is 47.5 Å². The third-order valence-electron chi connectivity index (χ3n) is 4.22. The Kier molecular flexibility index (Phi) is 2.88. The molecule has 1 aliphatic carbocycles. The topological polar surface area (TPSA) is 0 Å². The lowest BCUT2D eigenvalue weighted by Crippen LogP contribution is -2.08. The average molecular weight is 224 g/mol. The van der Waals surface area contributed by atoms with E-state index in [9.17, 15) is 0 Å². The normalized spacial score (nSPS) is 19.9. The van der Waals surface area contributed by atoms with Crippen molar-refractivity contribution < 1.29 is 0 Å². The Morgan fingerprint density at radius 2 is 1.82 bits per heavy atom. The van der Waals surface area contributed by atoms with E-state index < -0.39 is 0 Å². The van der Waals surface area contributed by atoms with Crippen molar-refractivity contribution in [3.63, 3.8) is 0 Å². The Balaban J connectivity index is 2.19. The molecule has 0 aliphatic heterocycles. The monoisotopic (exact) mass is 224 g/mol. The van der Waals surface area contributed by atoms with Crippen LogP contribution in [0.2, 0.25) is 0 Å². The summed E-state index contributed by atoms with van der Waals surface area (Å²) in [4.78, 5) is 0. The van der Waals surface area contributed by atoms with Gasteiger partial charge < -0.3 is 0 Å². The summed E-state index contributed by atoms with van der Waals surface area (Å²) < 4.78 is 0. The first-order valence-corrected chi connectivity index (χ1v) is 6.88. The molecular weight excluding hydrogens is 204 g/mol. The SMILES string of the molecule is CCC1CCCc2cccc3cccc(c23)C1. The molecule has 17 heavy (non-hydrogen) atoms. The van der Waals surface area contributed by atoms with E-state index in [0.29, 0.717) is 0 Å². The van der Waals surface area contributed by atoms with Crippen LogP contribution in [0.3, 0.4) is 0 Å². The van der Waals surface area contributed by atoms with E-state index in [2.05, 4.69) is 43.3 Å². The lowest BCUT2D eigenvalue weighted by molar-refractivity contribution is 0.450. The van der Waals surface area contributed by atoms with Crippen molar-refractivity contribution in [2.45, 2.75) is 39.0 Å². The van der Waals surface area contributed by atoms with Gasteiger partial charge in [0.15, 0.2) is 0 Å². The van der Waals surface area contributed by atoms with Crippen LogP contribution in [-0.2, 0) is 12.8 Å². The summed E-state index contributed by atoms with van der Waals surface area (Å²) in [6, 6.07) is 13.6. The summed E-state index contributed by atoms with van der Waals surface area (Å²) in [5.41, 5.74) is 3.14. The van der Waals surface area contributed by atoms with Gasteiger partial charge in [-0.1, -0.05) is 49.7 Å². The molecule has 2 aromatic carbocycles. The third kappa shape index (κ3) is 1.97. The maximum absolute atomic E-state index is 2.33. The van der Waals surface area contributed by atoms with Gasteiger partial charge in [0.2, 0.25) is 0 Å². The van der Waals surface area contributed by atoms with Crippen molar-refractivity contribution in [3.8, 4) is 0 Å². The first-order valence-electron chi connectivity index (χ1n) is 6.88. The van der Waals surface area contributed by atoms with Gasteiger partial charge in [-0.3, -0.25) is 0 Å². The second-order valence-electron chi connectivity index (χ2n) is 5.30. The van der Waals surface area contributed by atoms with Crippen molar-refractivity contribution in [2.75, 3.05) is 0 Å². The van der Waals surface area contributed by atoms with Gasteiger partial charge >= 0.3 is 0 Å². The highest BCUT2D eigenvalue weighted by Crippen LogP contribution is 2.31. The fraction of sp³-hybridized carbons (Fsp3) is 0.412. The summed E-state index contributed by atoms with van der Waals surface area (Å²) in [6.07, 6.45) is 6.58. The van der Waals surface area contributed by atoms with Crippen LogP contribution in [0.5, 0.6) is 0 Å².